The molecule has 24 heavy (non-hydrogen) atoms. The second kappa shape index (κ2) is 6.84. The molecule has 2 aromatic heterocycles. The third-order valence-corrected chi connectivity index (χ3v) is 6.02. The van der Waals surface area contributed by atoms with Gasteiger partial charge in [0.1, 0.15) is 4.34 Å². The first kappa shape index (κ1) is 17.4. The van der Waals surface area contributed by atoms with Crippen LogP contribution in [0, 0.1) is 13.8 Å². The van der Waals surface area contributed by atoms with E-state index in [4.69, 9.17) is 23.2 Å². The molecule has 0 spiro atoms. The molecule has 0 saturated heterocycles. The van der Waals surface area contributed by atoms with Gasteiger partial charge < -0.3 is 4.57 Å². The molecule has 2 heterocycles. The molecule has 1 amide bonds. The molecule has 0 aliphatic heterocycles. The van der Waals surface area contributed by atoms with Crippen LogP contribution < -0.4 is 4.80 Å². The molecule has 0 N–H and O–H groups in total. The van der Waals surface area contributed by atoms with Crippen molar-refractivity contribution in [3.63, 3.8) is 0 Å². The van der Waals surface area contributed by atoms with Gasteiger partial charge in [-0.3, -0.25) is 4.79 Å². The predicted molar refractivity (Wildman–Crippen MR) is 104 cm³/mol. The molecular weight excluding hydrogens is 383 g/mol. The standard InChI is InChI=1S/C17H14Cl2N2OS2/c1-4-5-21-14-10(3)6-9(2)7-12(14)23-17(21)20-16(22)11-8-13(18)24-15(11)19/h4,6-8H,1,5H2,2-3H3. The van der Waals surface area contributed by atoms with Gasteiger partial charge in [0.2, 0.25) is 0 Å². The molecule has 0 bridgehead atoms. The highest BCUT2D eigenvalue weighted by Gasteiger charge is 2.15. The van der Waals surface area contributed by atoms with Gasteiger partial charge in [-0.05, 0) is 37.1 Å². The Bertz CT molecular complexity index is 1030. The largest absolute Gasteiger partial charge is 0.312 e. The molecule has 0 unspecified atom stereocenters. The van der Waals surface area contributed by atoms with Crippen LogP contribution in [0.2, 0.25) is 8.67 Å². The van der Waals surface area contributed by atoms with Crippen LogP contribution in [0.25, 0.3) is 10.2 Å². The van der Waals surface area contributed by atoms with E-state index in [0.717, 1.165) is 27.1 Å². The quantitative estimate of drug-likeness (QED) is 0.529. The molecule has 0 saturated carbocycles. The fraction of sp³-hybridized carbons (Fsp3) is 0.176. The fourth-order valence-corrected chi connectivity index (χ4v) is 5.27. The highest BCUT2D eigenvalue weighted by molar-refractivity contribution is 7.20. The second-order valence-electron chi connectivity index (χ2n) is 5.37. The Morgan fingerprint density at radius 2 is 2.04 bits per heavy atom. The van der Waals surface area contributed by atoms with Gasteiger partial charge >= 0.3 is 0 Å². The Morgan fingerprint density at radius 1 is 1.29 bits per heavy atom. The maximum Gasteiger partial charge on any atom is 0.282 e. The summed E-state index contributed by atoms with van der Waals surface area (Å²) in [5, 5.41) is 0. The van der Waals surface area contributed by atoms with Crippen LogP contribution in [-0.4, -0.2) is 10.5 Å². The van der Waals surface area contributed by atoms with E-state index in [2.05, 4.69) is 37.6 Å². The summed E-state index contributed by atoms with van der Waals surface area (Å²) in [6.45, 7) is 8.50. The maximum atomic E-state index is 12.5. The van der Waals surface area contributed by atoms with Crippen LogP contribution in [0.5, 0.6) is 0 Å². The third-order valence-electron chi connectivity index (χ3n) is 3.51. The summed E-state index contributed by atoms with van der Waals surface area (Å²) in [4.78, 5) is 17.4. The first-order valence-corrected chi connectivity index (χ1v) is 9.55. The van der Waals surface area contributed by atoms with E-state index >= 15 is 0 Å². The summed E-state index contributed by atoms with van der Waals surface area (Å²) >= 11 is 14.6. The molecule has 3 rings (SSSR count). The number of rotatable bonds is 3. The highest BCUT2D eigenvalue weighted by Crippen LogP contribution is 2.31. The van der Waals surface area contributed by atoms with Gasteiger partial charge in [0.25, 0.3) is 5.91 Å². The number of hydrogen-bond donors (Lipinski definition) is 0. The maximum absolute atomic E-state index is 12.5. The van der Waals surface area contributed by atoms with Crippen LogP contribution in [0.15, 0.2) is 35.8 Å². The van der Waals surface area contributed by atoms with Gasteiger partial charge in [-0.15, -0.1) is 17.9 Å². The molecule has 3 aromatic rings. The Hall–Kier alpha value is -1.40. The van der Waals surface area contributed by atoms with Crippen LogP contribution in [-0.2, 0) is 6.54 Å². The molecule has 124 valence electrons. The van der Waals surface area contributed by atoms with E-state index in [1.54, 1.807) is 12.1 Å². The lowest BCUT2D eigenvalue weighted by molar-refractivity contribution is 0.0998. The zero-order valence-electron chi connectivity index (χ0n) is 13.1. The zero-order valence-corrected chi connectivity index (χ0v) is 16.2. The number of fused-ring (bicyclic) bond motifs is 1. The fourth-order valence-electron chi connectivity index (χ4n) is 2.61. The van der Waals surface area contributed by atoms with E-state index < -0.39 is 0 Å². The molecule has 3 nitrogen and oxygen atoms in total. The summed E-state index contributed by atoms with van der Waals surface area (Å²) in [5.74, 6) is -0.387. The SMILES string of the molecule is C=CCn1c(=NC(=O)c2cc(Cl)sc2Cl)sc2cc(C)cc(C)c21. The molecule has 1 aromatic carbocycles. The van der Waals surface area contributed by atoms with Gasteiger partial charge in [0.05, 0.1) is 20.1 Å². The third kappa shape index (κ3) is 3.22. The van der Waals surface area contributed by atoms with Crippen molar-refractivity contribution in [2.45, 2.75) is 20.4 Å². The van der Waals surface area contributed by atoms with E-state index in [-0.39, 0.29) is 5.91 Å². The van der Waals surface area contributed by atoms with Gasteiger partial charge in [-0.25, -0.2) is 0 Å². The van der Waals surface area contributed by atoms with Crippen LogP contribution >= 0.6 is 45.9 Å². The Balaban J connectivity index is 2.23. The summed E-state index contributed by atoms with van der Waals surface area (Å²) in [5.41, 5.74) is 3.74. The molecule has 0 radical (unpaired) electrons. The van der Waals surface area contributed by atoms with Crippen molar-refractivity contribution in [3.8, 4) is 0 Å². The van der Waals surface area contributed by atoms with Crippen molar-refractivity contribution in [1.29, 1.82) is 0 Å². The number of benzene rings is 1. The number of aromatic nitrogens is 1. The normalized spacial score (nSPS) is 12.1. The molecule has 7 heteroatoms. The summed E-state index contributed by atoms with van der Waals surface area (Å²) in [6.07, 6.45) is 1.80. The molecular formula is C17H14Cl2N2OS2. The topological polar surface area (TPSA) is 34.4 Å². The van der Waals surface area contributed by atoms with Crippen LogP contribution in [0.1, 0.15) is 21.5 Å². The first-order valence-electron chi connectivity index (χ1n) is 7.16. The first-order chi connectivity index (χ1) is 11.4. The lowest BCUT2D eigenvalue weighted by Gasteiger charge is -2.05. The van der Waals surface area contributed by atoms with Gasteiger partial charge in [-0.1, -0.05) is 46.7 Å². The average molecular weight is 397 g/mol. The minimum absolute atomic E-state index is 0.335. The molecule has 0 atom stereocenters. The smallest absolute Gasteiger partial charge is 0.282 e. The number of carbonyl (C=O) groups is 1. The predicted octanol–water partition coefficient (Wildman–Crippen LogP) is 5.62. The summed E-state index contributed by atoms with van der Waals surface area (Å²) < 4.78 is 3.93. The van der Waals surface area contributed by atoms with E-state index in [0.29, 0.717) is 25.6 Å². The van der Waals surface area contributed by atoms with Crippen molar-refractivity contribution >= 4 is 62.0 Å². The van der Waals surface area contributed by atoms with Crippen LogP contribution in [0.4, 0.5) is 0 Å². The summed E-state index contributed by atoms with van der Waals surface area (Å²) in [6, 6.07) is 5.78. The van der Waals surface area contributed by atoms with Crippen molar-refractivity contribution in [2.24, 2.45) is 4.99 Å². The Morgan fingerprint density at radius 3 is 2.67 bits per heavy atom. The van der Waals surface area contributed by atoms with E-state index in [1.807, 2.05) is 4.57 Å². The number of thiazole rings is 1. The van der Waals surface area contributed by atoms with Crippen molar-refractivity contribution in [2.75, 3.05) is 0 Å². The number of thiophene rings is 1. The number of nitrogens with zero attached hydrogens (tertiary/aromatic N) is 2. The van der Waals surface area contributed by atoms with Crippen molar-refractivity contribution < 1.29 is 4.79 Å². The number of hydrogen-bond acceptors (Lipinski definition) is 3. The van der Waals surface area contributed by atoms with Gasteiger partial charge in [0.15, 0.2) is 4.80 Å². The lowest BCUT2D eigenvalue weighted by atomic mass is 10.1. The number of carbonyl (C=O) groups excluding carboxylic acids is 1. The number of halogens is 2. The minimum atomic E-state index is -0.387. The summed E-state index contributed by atoms with van der Waals surface area (Å²) in [7, 11) is 0. The average Bonchev–Trinajstić information content (AvgIpc) is 2.99. The van der Waals surface area contributed by atoms with Crippen molar-refractivity contribution in [3.05, 3.63) is 61.0 Å². The van der Waals surface area contributed by atoms with E-state index in [9.17, 15) is 4.79 Å². The van der Waals surface area contributed by atoms with E-state index in [1.165, 1.54) is 16.9 Å². The zero-order chi connectivity index (χ0) is 17.4. The Kier molecular flexibility index (Phi) is 4.97. The molecule has 0 fully saturated rings. The van der Waals surface area contributed by atoms with Gasteiger partial charge in [-0.2, -0.15) is 4.99 Å². The Labute approximate surface area is 157 Å². The number of aryl methyl sites for hydroxylation is 2. The molecule has 0 aliphatic rings. The number of amides is 1. The van der Waals surface area contributed by atoms with Crippen LogP contribution in [0.3, 0.4) is 0 Å². The number of allylic oxidation sites excluding steroid dienone is 1. The second-order valence-corrected chi connectivity index (χ2v) is 8.66. The van der Waals surface area contributed by atoms with Gasteiger partial charge in [0, 0.05) is 6.54 Å². The molecule has 0 aliphatic carbocycles. The van der Waals surface area contributed by atoms with Crippen molar-refractivity contribution in [1.82, 2.24) is 4.57 Å². The lowest BCUT2D eigenvalue weighted by Crippen LogP contribution is -2.16. The monoisotopic (exact) mass is 396 g/mol. The minimum Gasteiger partial charge on any atom is -0.312 e. The highest BCUT2D eigenvalue weighted by atomic mass is 35.5.